The van der Waals surface area contributed by atoms with Crippen LogP contribution in [0.3, 0.4) is 0 Å². The van der Waals surface area contributed by atoms with Gasteiger partial charge in [-0.25, -0.2) is 0 Å². The van der Waals surface area contributed by atoms with E-state index in [1.54, 1.807) is 7.11 Å². The Balaban J connectivity index is 2.62. The first kappa shape index (κ1) is 16.0. The third kappa shape index (κ3) is 5.59. The summed E-state index contributed by atoms with van der Waals surface area (Å²) in [5, 5.41) is 13.1. The average molecular weight is 267 g/mol. The van der Waals surface area contributed by atoms with Crippen molar-refractivity contribution in [2.24, 2.45) is 0 Å². The number of ether oxygens (including phenoxy) is 2. The van der Waals surface area contributed by atoms with Crippen molar-refractivity contribution in [2.75, 3.05) is 26.9 Å². The molecule has 0 aliphatic rings. The molecular weight excluding hydrogens is 242 g/mol. The number of benzene rings is 1. The van der Waals surface area contributed by atoms with Crippen LogP contribution in [0.1, 0.15) is 31.9 Å². The summed E-state index contributed by atoms with van der Waals surface area (Å²) in [5.74, 6) is 0.814. The molecule has 0 saturated carbocycles. The number of aliphatic hydroxyl groups excluding tert-OH is 1. The molecule has 4 nitrogen and oxygen atoms in total. The van der Waals surface area contributed by atoms with Crippen LogP contribution in [-0.4, -0.2) is 38.1 Å². The number of rotatable bonds is 9. The smallest absolute Gasteiger partial charge is 0.124 e. The van der Waals surface area contributed by atoms with Crippen molar-refractivity contribution in [3.05, 3.63) is 29.8 Å². The van der Waals surface area contributed by atoms with E-state index < -0.39 is 6.10 Å². The first-order valence-corrected chi connectivity index (χ1v) is 6.81. The second-order valence-electron chi connectivity index (χ2n) is 4.63. The minimum atomic E-state index is -0.600. The zero-order valence-corrected chi connectivity index (χ0v) is 12.1. The van der Waals surface area contributed by atoms with Crippen LogP contribution in [0, 0.1) is 0 Å². The Morgan fingerprint density at radius 3 is 2.68 bits per heavy atom. The van der Waals surface area contributed by atoms with Gasteiger partial charge in [0.25, 0.3) is 0 Å². The Bertz CT molecular complexity index is 357. The highest BCUT2D eigenvalue weighted by Crippen LogP contribution is 2.24. The number of aliphatic hydroxyl groups is 1. The molecule has 2 N–H and O–H groups in total. The molecule has 0 aliphatic heterocycles. The van der Waals surface area contributed by atoms with Crippen molar-refractivity contribution in [3.8, 4) is 5.75 Å². The van der Waals surface area contributed by atoms with Crippen LogP contribution in [0.4, 0.5) is 0 Å². The SMILES string of the molecule is CCCNC(C)c1ccccc1OCC(O)COC. The third-order valence-electron chi connectivity index (χ3n) is 2.88. The molecule has 0 radical (unpaired) electrons. The minimum Gasteiger partial charge on any atom is -0.490 e. The highest BCUT2D eigenvalue weighted by Gasteiger charge is 2.12. The fourth-order valence-electron chi connectivity index (χ4n) is 1.87. The molecule has 1 aromatic carbocycles. The molecular formula is C15H25NO3. The van der Waals surface area contributed by atoms with Gasteiger partial charge in [0.05, 0.1) is 6.61 Å². The van der Waals surface area contributed by atoms with Gasteiger partial charge in [-0.3, -0.25) is 0 Å². The quantitative estimate of drug-likeness (QED) is 0.719. The van der Waals surface area contributed by atoms with Crippen molar-refractivity contribution in [1.82, 2.24) is 5.32 Å². The third-order valence-corrected chi connectivity index (χ3v) is 2.88. The molecule has 0 amide bonds. The topological polar surface area (TPSA) is 50.7 Å². The van der Waals surface area contributed by atoms with Crippen molar-refractivity contribution < 1.29 is 14.6 Å². The van der Waals surface area contributed by atoms with Gasteiger partial charge in [-0.2, -0.15) is 0 Å². The molecule has 0 saturated heterocycles. The second-order valence-corrected chi connectivity index (χ2v) is 4.63. The van der Waals surface area contributed by atoms with Gasteiger partial charge in [-0.05, 0) is 26.0 Å². The Kier molecular flexibility index (Phi) is 7.48. The van der Waals surface area contributed by atoms with Gasteiger partial charge < -0.3 is 19.9 Å². The molecule has 4 heteroatoms. The van der Waals surface area contributed by atoms with Gasteiger partial charge >= 0.3 is 0 Å². The monoisotopic (exact) mass is 267 g/mol. The van der Waals surface area contributed by atoms with Crippen LogP contribution in [0.25, 0.3) is 0 Å². The molecule has 1 aromatic rings. The van der Waals surface area contributed by atoms with Crippen LogP contribution in [-0.2, 0) is 4.74 Å². The lowest BCUT2D eigenvalue weighted by molar-refractivity contribution is 0.0322. The molecule has 2 atom stereocenters. The lowest BCUT2D eigenvalue weighted by Gasteiger charge is -2.19. The lowest BCUT2D eigenvalue weighted by atomic mass is 10.1. The van der Waals surface area contributed by atoms with Gasteiger partial charge in [0.15, 0.2) is 0 Å². The van der Waals surface area contributed by atoms with E-state index in [9.17, 15) is 5.11 Å². The molecule has 1 rings (SSSR count). The number of hydrogen-bond acceptors (Lipinski definition) is 4. The van der Waals surface area contributed by atoms with Gasteiger partial charge in [0.1, 0.15) is 18.5 Å². The van der Waals surface area contributed by atoms with E-state index >= 15 is 0 Å². The maximum Gasteiger partial charge on any atom is 0.124 e. The summed E-state index contributed by atoms with van der Waals surface area (Å²) < 4.78 is 10.6. The predicted molar refractivity (Wildman–Crippen MR) is 76.5 cm³/mol. The Morgan fingerprint density at radius 2 is 2.00 bits per heavy atom. The average Bonchev–Trinajstić information content (AvgIpc) is 2.43. The van der Waals surface area contributed by atoms with Crippen LogP contribution >= 0.6 is 0 Å². The summed E-state index contributed by atoms with van der Waals surface area (Å²) in [4.78, 5) is 0. The number of para-hydroxylation sites is 1. The number of nitrogens with one attached hydrogen (secondary N) is 1. The fraction of sp³-hybridized carbons (Fsp3) is 0.600. The first-order valence-electron chi connectivity index (χ1n) is 6.81. The van der Waals surface area contributed by atoms with Gasteiger partial charge in [0, 0.05) is 18.7 Å². The maximum atomic E-state index is 9.62. The molecule has 0 aromatic heterocycles. The standard InChI is InChI=1S/C15H25NO3/c1-4-9-16-12(2)14-7-5-6-8-15(14)19-11-13(17)10-18-3/h5-8,12-13,16-17H,4,9-11H2,1-3H3. The Hall–Kier alpha value is -1.10. The summed E-state index contributed by atoms with van der Waals surface area (Å²) in [6.07, 6.45) is 0.497. The highest BCUT2D eigenvalue weighted by atomic mass is 16.5. The van der Waals surface area contributed by atoms with Crippen molar-refractivity contribution in [3.63, 3.8) is 0 Å². The zero-order valence-electron chi connectivity index (χ0n) is 12.1. The van der Waals surface area contributed by atoms with E-state index in [-0.39, 0.29) is 19.3 Å². The molecule has 2 unspecified atom stereocenters. The second kappa shape index (κ2) is 8.91. The summed E-state index contributed by atoms with van der Waals surface area (Å²) in [5.41, 5.74) is 1.11. The van der Waals surface area contributed by atoms with Crippen molar-refractivity contribution >= 4 is 0 Å². The van der Waals surface area contributed by atoms with Crippen LogP contribution in [0.2, 0.25) is 0 Å². The Morgan fingerprint density at radius 1 is 1.26 bits per heavy atom. The van der Waals surface area contributed by atoms with Crippen LogP contribution < -0.4 is 10.1 Å². The first-order chi connectivity index (χ1) is 9.19. The van der Waals surface area contributed by atoms with E-state index in [0.29, 0.717) is 0 Å². The molecule has 19 heavy (non-hydrogen) atoms. The molecule has 0 aliphatic carbocycles. The summed E-state index contributed by atoms with van der Waals surface area (Å²) in [6.45, 7) is 5.76. The maximum absolute atomic E-state index is 9.62. The largest absolute Gasteiger partial charge is 0.490 e. The summed E-state index contributed by atoms with van der Waals surface area (Å²) in [7, 11) is 1.56. The Labute approximate surface area is 115 Å². The minimum absolute atomic E-state index is 0.232. The van der Waals surface area contributed by atoms with E-state index in [1.165, 1.54) is 0 Å². The van der Waals surface area contributed by atoms with Gasteiger partial charge in [-0.1, -0.05) is 25.1 Å². The van der Waals surface area contributed by atoms with Gasteiger partial charge in [-0.15, -0.1) is 0 Å². The fourth-order valence-corrected chi connectivity index (χ4v) is 1.87. The van der Waals surface area contributed by atoms with Crippen molar-refractivity contribution in [1.29, 1.82) is 0 Å². The van der Waals surface area contributed by atoms with E-state index in [1.807, 2.05) is 24.3 Å². The van der Waals surface area contributed by atoms with Gasteiger partial charge in [0.2, 0.25) is 0 Å². The van der Waals surface area contributed by atoms with Crippen LogP contribution in [0.15, 0.2) is 24.3 Å². The molecule has 108 valence electrons. The van der Waals surface area contributed by atoms with Crippen molar-refractivity contribution in [2.45, 2.75) is 32.4 Å². The summed E-state index contributed by atoms with van der Waals surface area (Å²) in [6, 6.07) is 8.15. The van der Waals surface area contributed by atoms with E-state index in [0.717, 1.165) is 24.3 Å². The predicted octanol–water partition coefficient (Wildman–Crippen LogP) is 2.13. The normalized spacial score (nSPS) is 14.1. The van der Waals surface area contributed by atoms with E-state index in [4.69, 9.17) is 9.47 Å². The zero-order chi connectivity index (χ0) is 14.1. The number of hydrogen-bond donors (Lipinski definition) is 2. The van der Waals surface area contributed by atoms with E-state index in [2.05, 4.69) is 19.2 Å². The highest BCUT2D eigenvalue weighted by molar-refractivity contribution is 5.35. The lowest BCUT2D eigenvalue weighted by Crippen LogP contribution is -2.24. The molecule has 0 spiro atoms. The summed E-state index contributed by atoms with van der Waals surface area (Å²) >= 11 is 0. The molecule has 0 bridgehead atoms. The molecule has 0 heterocycles. The van der Waals surface area contributed by atoms with Crippen LogP contribution in [0.5, 0.6) is 5.75 Å². The molecule has 0 fully saturated rings. The number of methoxy groups -OCH3 is 1.